The third-order valence-corrected chi connectivity index (χ3v) is 5.11. The van der Waals surface area contributed by atoms with Gasteiger partial charge in [0.15, 0.2) is 0 Å². The fraction of sp³-hybridized carbons (Fsp3) is 0.333. The molecule has 28 heavy (non-hydrogen) atoms. The Balaban J connectivity index is 1.80. The van der Waals surface area contributed by atoms with Gasteiger partial charge >= 0.3 is 6.18 Å². The van der Waals surface area contributed by atoms with Crippen LogP contribution in [0.1, 0.15) is 50.2 Å². The Morgan fingerprint density at radius 1 is 0.786 bits per heavy atom. The number of alkyl halides is 3. The maximum atomic E-state index is 15.0. The molecule has 0 aliphatic carbocycles. The van der Waals surface area contributed by atoms with Crippen LogP contribution >= 0.6 is 0 Å². The second-order valence-electron chi connectivity index (χ2n) is 7.22. The van der Waals surface area contributed by atoms with E-state index in [0.29, 0.717) is 16.5 Å². The van der Waals surface area contributed by atoms with E-state index in [1.807, 2.05) is 18.2 Å². The quantitative estimate of drug-likeness (QED) is 0.283. The van der Waals surface area contributed by atoms with Gasteiger partial charge in [-0.1, -0.05) is 75.1 Å². The number of unbranched alkanes of at least 4 members (excludes halogenated alkanes) is 4. The SMILES string of the molecule is CCCCCCCc1ccc2c(F)c(-c3ccc(C(F)(F)F)cc3)ccc2c1. The summed E-state index contributed by atoms with van der Waals surface area (Å²) in [7, 11) is 0. The van der Waals surface area contributed by atoms with Crippen LogP contribution in [0.5, 0.6) is 0 Å². The first-order chi connectivity index (χ1) is 13.4. The van der Waals surface area contributed by atoms with E-state index in [1.165, 1.54) is 43.4 Å². The lowest BCUT2D eigenvalue weighted by molar-refractivity contribution is -0.137. The summed E-state index contributed by atoms with van der Waals surface area (Å²) in [5, 5.41) is 1.31. The third-order valence-electron chi connectivity index (χ3n) is 5.11. The smallest absolute Gasteiger partial charge is 0.206 e. The van der Waals surface area contributed by atoms with Crippen LogP contribution in [0.25, 0.3) is 21.9 Å². The molecular formula is C24H24F4. The molecule has 0 bridgehead atoms. The van der Waals surface area contributed by atoms with Gasteiger partial charge in [0, 0.05) is 10.9 Å². The van der Waals surface area contributed by atoms with Gasteiger partial charge in [0.25, 0.3) is 0 Å². The maximum Gasteiger partial charge on any atom is 0.416 e. The topological polar surface area (TPSA) is 0 Å². The van der Waals surface area contributed by atoms with Crippen molar-refractivity contribution in [1.82, 2.24) is 0 Å². The van der Waals surface area contributed by atoms with Crippen LogP contribution in [0, 0.1) is 5.82 Å². The van der Waals surface area contributed by atoms with Gasteiger partial charge in [-0.2, -0.15) is 13.2 Å². The maximum absolute atomic E-state index is 15.0. The summed E-state index contributed by atoms with van der Waals surface area (Å²) in [5.74, 6) is -0.397. The molecule has 3 aromatic rings. The first-order valence-electron chi connectivity index (χ1n) is 9.79. The van der Waals surface area contributed by atoms with Gasteiger partial charge in [0.2, 0.25) is 0 Å². The molecule has 0 radical (unpaired) electrons. The molecule has 0 amide bonds. The van der Waals surface area contributed by atoms with Crippen molar-refractivity contribution in [2.75, 3.05) is 0 Å². The van der Waals surface area contributed by atoms with Gasteiger partial charge in [0.1, 0.15) is 5.82 Å². The second kappa shape index (κ2) is 8.76. The molecule has 0 unspecified atom stereocenters. The van der Waals surface area contributed by atoms with Crippen LogP contribution in [0.4, 0.5) is 17.6 Å². The molecule has 0 saturated carbocycles. The molecule has 0 saturated heterocycles. The summed E-state index contributed by atoms with van der Waals surface area (Å²) in [4.78, 5) is 0. The average Bonchev–Trinajstić information content (AvgIpc) is 2.67. The molecule has 0 atom stereocenters. The molecule has 0 aromatic heterocycles. The van der Waals surface area contributed by atoms with Crippen molar-refractivity contribution in [3.05, 3.63) is 71.5 Å². The highest BCUT2D eigenvalue weighted by atomic mass is 19.4. The van der Waals surface area contributed by atoms with Crippen LogP contribution in [-0.4, -0.2) is 0 Å². The molecule has 0 nitrogen and oxygen atoms in total. The van der Waals surface area contributed by atoms with Gasteiger partial charge in [0.05, 0.1) is 5.56 Å². The van der Waals surface area contributed by atoms with E-state index in [4.69, 9.17) is 0 Å². The average molecular weight is 388 g/mol. The number of halogens is 4. The summed E-state index contributed by atoms with van der Waals surface area (Å²) in [6, 6.07) is 13.8. The lowest BCUT2D eigenvalue weighted by atomic mass is 9.97. The van der Waals surface area contributed by atoms with Gasteiger partial charge in [-0.05, 0) is 41.5 Å². The summed E-state index contributed by atoms with van der Waals surface area (Å²) in [6.45, 7) is 2.19. The third kappa shape index (κ3) is 4.73. The normalized spacial score (nSPS) is 11.9. The molecule has 3 aromatic carbocycles. The number of benzene rings is 3. The van der Waals surface area contributed by atoms with Crippen LogP contribution in [0.3, 0.4) is 0 Å². The molecule has 0 heterocycles. The Hall–Kier alpha value is -2.36. The molecule has 3 rings (SSSR count). The lowest BCUT2D eigenvalue weighted by Gasteiger charge is -2.11. The van der Waals surface area contributed by atoms with E-state index in [0.717, 1.165) is 30.4 Å². The van der Waals surface area contributed by atoms with Gasteiger partial charge in [-0.3, -0.25) is 0 Å². The summed E-state index contributed by atoms with van der Waals surface area (Å²) in [5.41, 5.74) is 1.20. The zero-order chi connectivity index (χ0) is 20.1. The van der Waals surface area contributed by atoms with Gasteiger partial charge in [-0.15, -0.1) is 0 Å². The Labute approximate surface area is 163 Å². The molecule has 4 heteroatoms. The Kier molecular flexibility index (Phi) is 6.38. The van der Waals surface area contributed by atoms with Gasteiger partial charge in [-0.25, -0.2) is 4.39 Å². The predicted molar refractivity (Wildman–Crippen MR) is 107 cm³/mol. The fourth-order valence-corrected chi connectivity index (χ4v) is 3.49. The lowest BCUT2D eigenvalue weighted by Crippen LogP contribution is -2.04. The van der Waals surface area contributed by atoms with Crippen LogP contribution in [0.15, 0.2) is 54.6 Å². The number of fused-ring (bicyclic) bond motifs is 1. The summed E-state index contributed by atoms with van der Waals surface area (Å²) in [6.07, 6.45) is 2.63. The molecular weight excluding hydrogens is 364 g/mol. The Morgan fingerprint density at radius 3 is 2.18 bits per heavy atom. The summed E-state index contributed by atoms with van der Waals surface area (Å²) >= 11 is 0. The molecule has 0 fully saturated rings. The minimum absolute atomic E-state index is 0.313. The van der Waals surface area contributed by atoms with Crippen molar-refractivity contribution in [3.8, 4) is 11.1 Å². The number of hydrogen-bond donors (Lipinski definition) is 0. The number of hydrogen-bond acceptors (Lipinski definition) is 0. The van der Waals surface area contributed by atoms with Crippen molar-refractivity contribution in [2.24, 2.45) is 0 Å². The fourth-order valence-electron chi connectivity index (χ4n) is 3.49. The molecule has 148 valence electrons. The van der Waals surface area contributed by atoms with Crippen molar-refractivity contribution in [1.29, 1.82) is 0 Å². The minimum Gasteiger partial charge on any atom is -0.206 e. The molecule has 0 spiro atoms. The molecule has 0 aliphatic rings. The van der Waals surface area contributed by atoms with Crippen LogP contribution in [-0.2, 0) is 12.6 Å². The minimum atomic E-state index is -4.40. The van der Waals surface area contributed by atoms with E-state index in [2.05, 4.69) is 6.92 Å². The van der Waals surface area contributed by atoms with Crippen molar-refractivity contribution >= 4 is 10.8 Å². The highest BCUT2D eigenvalue weighted by Crippen LogP contribution is 2.33. The largest absolute Gasteiger partial charge is 0.416 e. The standard InChI is InChI=1S/C24H24F4/c1-2-3-4-5-6-7-17-8-14-22-19(16-17)11-15-21(23(22)25)18-9-12-20(13-10-18)24(26,27)28/h8-16H,2-7H2,1H3. The first-order valence-corrected chi connectivity index (χ1v) is 9.79. The Morgan fingerprint density at radius 2 is 1.50 bits per heavy atom. The monoisotopic (exact) mass is 388 g/mol. The van der Waals surface area contributed by atoms with Gasteiger partial charge < -0.3 is 0 Å². The first kappa shape index (κ1) is 20.4. The van der Waals surface area contributed by atoms with E-state index >= 15 is 0 Å². The van der Waals surface area contributed by atoms with Crippen LogP contribution in [0.2, 0.25) is 0 Å². The van der Waals surface area contributed by atoms with E-state index in [1.54, 1.807) is 12.1 Å². The van der Waals surface area contributed by atoms with Crippen molar-refractivity contribution in [3.63, 3.8) is 0 Å². The highest BCUT2D eigenvalue weighted by molar-refractivity contribution is 5.88. The highest BCUT2D eigenvalue weighted by Gasteiger charge is 2.30. The molecule has 0 N–H and O–H groups in total. The predicted octanol–water partition coefficient (Wildman–Crippen LogP) is 8.18. The second-order valence-corrected chi connectivity index (χ2v) is 7.22. The van der Waals surface area contributed by atoms with Crippen LogP contribution < -0.4 is 0 Å². The number of aryl methyl sites for hydroxylation is 1. The molecule has 0 aliphatic heterocycles. The van der Waals surface area contributed by atoms with E-state index < -0.39 is 17.6 Å². The summed E-state index contributed by atoms with van der Waals surface area (Å²) < 4.78 is 53.2. The van der Waals surface area contributed by atoms with Crippen molar-refractivity contribution < 1.29 is 17.6 Å². The Bertz CT molecular complexity index is 924. The number of rotatable bonds is 7. The zero-order valence-corrected chi connectivity index (χ0v) is 16.0. The van der Waals surface area contributed by atoms with E-state index in [-0.39, 0.29) is 0 Å². The van der Waals surface area contributed by atoms with E-state index in [9.17, 15) is 17.6 Å². The van der Waals surface area contributed by atoms with Crippen molar-refractivity contribution in [2.45, 2.75) is 51.6 Å². The zero-order valence-electron chi connectivity index (χ0n) is 16.0.